The second kappa shape index (κ2) is 3.24. The zero-order valence-electron chi connectivity index (χ0n) is 9.95. The van der Waals surface area contributed by atoms with Crippen molar-refractivity contribution in [1.82, 2.24) is 10.3 Å². The van der Waals surface area contributed by atoms with Gasteiger partial charge in [0.1, 0.15) is 12.0 Å². The number of nitrogens with one attached hydrogen (secondary N) is 2. The van der Waals surface area contributed by atoms with Gasteiger partial charge in [-0.15, -0.1) is 0 Å². The first-order valence-corrected chi connectivity index (χ1v) is 5.97. The summed E-state index contributed by atoms with van der Waals surface area (Å²) in [5.41, 5.74) is 0.667. The first-order chi connectivity index (χ1) is 7.98. The smallest absolute Gasteiger partial charge is 0.416 e. The molecule has 2 aliphatic rings. The average Bonchev–Trinajstić information content (AvgIpc) is 2.69. The van der Waals surface area contributed by atoms with Gasteiger partial charge in [-0.1, -0.05) is 13.8 Å². The Bertz CT molecular complexity index is 500. The SMILES string of the molecule is CC1(C)[C@@H]2CC(NC(=O)c3coc(=O)[nH]3)C[C@@H]21. The highest BCUT2D eigenvalue weighted by Gasteiger charge is 2.62. The Morgan fingerprint density at radius 2 is 2.12 bits per heavy atom. The Morgan fingerprint density at radius 3 is 2.65 bits per heavy atom. The van der Waals surface area contributed by atoms with Gasteiger partial charge >= 0.3 is 5.76 Å². The summed E-state index contributed by atoms with van der Waals surface area (Å²) in [4.78, 5) is 24.9. The summed E-state index contributed by atoms with van der Waals surface area (Å²) in [7, 11) is 0. The van der Waals surface area contributed by atoms with Crippen LogP contribution in [0.1, 0.15) is 37.2 Å². The van der Waals surface area contributed by atoms with Crippen LogP contribution in [0, 0.1) is 17.3 Å². The summed E-state index contributed by atoms with van der Waals surface area (Å²) in [6.07, 6.45) is 3.26. The summed E-state index contributed by atoms with van der Waals surface area (Å²) >= 11 is 0. The Hall–Kier alpha value is -1.52. The lowest BCUT2D eigenvalue weighted by molar-refractivity contribution is 0.0927. The first-order valence-electron chi connectivity index (χ1n) is 5.97. The molecule has 3 atom stereocenters. The van der Waals surface area contributed by atoms with Crippen molar-refractivity contribution in [3.8, 4) is 0 Å². The Labute approximate surface area is 98.6 Å². The highest BCUT2D eigenvalue weighted by atomic mass is 16.4. The average molecular weight is 236 g/mol. The van der Waals surface area contributed by atoms with Gasteiger partial charge in [0.15, 0.2) is 0 Å². The van der Waals surface area contributed by atoms with E-state index in [1.54, 1.807) is 0 Å². The summed E-state index contributed by atoms with van der Waals surface area (Å²) < 4.78 is 4.54. The van der Waals surface area contributed by atoms with Crippen LogP contribution in [-0.2, 0) is 0 Å². The zero-order chi connectivity index (χ0) is 12.2. The molecule has 0 saturated heterocycles. The Kier molecular flexibility index (Phi) is 2.03. The molecule has 1 heterocycles. The molecule has 0 radical (unpaired) electrons. The normalized spacial score (nSPS) is 33.2. The van der Waals surface area contributed by atoms with E-state index in [0.717, 1.165) is 30.9 Å². The van der Waals surface area contributed by atoms with Gasteiger partial charge in [0, 0.05) is 6.04 Å². The number of aromatic amines is 1. The van der Waals surface area contributed by atoms with Crippen molar-refractivity contribution in [3.63, 3.8) is 0 Å². The molecule has 2 saturated carbocycles. The standard InChI is InChI=1S/C12H16N2O3/c1-12(2)7-3-6(4-8(7)12)13-10(15)9-5-17-11(16)14-9/h5-8H,3-4H2,1-2H3,(H,13,15)(H,14,16)/t6?,7-,8+. The van der Waals surface area contributed by atoms with Gasteiger partial charge in [0.25, 0.3) is 5.91 Å². The molecule has 1 amide bonds. The van der Waals surface area contributed by atoms with E-state index in [0.29, 0.717) is 5.41 Å². The minimum absolute atomic E-state index is 0.204. The van der Waals surface area contributed by atoms with Crippen molar-refractivity contribution < 1.29 is 9.21 Å². The fourth-order valence-corrected chi connectivity index (χ4v) is 3.28. The van der Waals surface area contributed by atoms with Gasteiger partial charge in [-0.05, 0) is 30.1 Å². The third-order valence-corrected chi connectivity index (χ3v) is 4.47. The van der Waals surface area contributed by atoms with Crippen LogP contribution in [-0.4, -0.2) is 16.9 Å². The fourth-order valence-electron chi connectivity index (χ4n) is 3.28. The quantitative estimate of drug-likeness (QED) is 0.808. The molecule has 0 spiro atoms. The second-order valence-corrected chi connectivity index (χ2v) is 5.74. The maximum absolute atomic E-state index is 11.8. The lowest BCUT2D eigenvalue weighted by Gasteiger charge is -2.17. The molecule has 0 bridgehead atoms. The number of rotatable bonds is 2. The number of hydrogen-bond donors (Lipinski definition) is 2. The molecule has 0 aliphatic heterocycles. The minimum atomic E-state index is -0.592. The number of hydrogen-bond acceptors (Lipinski definition) is 3. The topological polar surface area (TPSA) is 75.1 Å². The van der Waals surface area contributed by atoms with Gasteiger partial charge in [0.2, 0.25) is 0 Å². The highest BCUT2D eigenvalue weighted by molar-refractivity contribution is 5.92. The van der Waals surface area contributed by atoms with Crippen LogP contribution in [0.4, 0.5) is 0 Å². The molecule has 17 heavy (non-hydrogen) atoms. The van der Waals surface area contributed by atoms with Crippen LogP contribution >= 0.6 is 0 Å². The van der Waals surface area contributed by atoms with Crippen LogP contribution in [0.25, 0.3) is 0 Å². The minimum Gasteiger partial charge on any atom is -0.416 e. The van der Waals surface area contributed by atoms with Crippen LogP contribution in [0.2, 0.25) is 0 Å². The van der Waals surface area contributed by atoms with E-state index in [-0.39, 0.29) is 17.6 Å². The van der Waals surface area contributed by atoms with Crippen molar-refractivity contribution in [2.45, 2.75) is 32.7 Å². The Morgan fingerprint density at radius 1 is 1.47 bits per heavy atom. The van der Waals surface area contributed by atoms with Crippen molar-refractivity contribution in [3.05, 3.63) is 22.5 Å². The largest absolute Gasteiger partial charge is 0.416 e. The summed E-state index contributed by atoms with van der Waals surface area (Å²) in [6.45, 7) is 4.57. The summed E-state index contributed by atoms with van der Waals surface area (Å²) in [5.74, 6) is 0.651. The van der Waals surface area contributed by atoms with Crippen LogP contribution in [0.5, 0.6) is 0 Å². The van der Waals surface area contributed by atoms with E-state index >= 15 is 0 Å². The third-order valence-electron chi connectivity index (χ3n) is 4.47. The molecule has 1 aromatic heterocycles. The second-order valence-electron chi connectivity index (χ2n) is 5.74. The molecule has 5 nitrogen and oxygen atoms in total. The van der Waals surface area contributed by atoms with E-state index < -0.39 is 5.76 Å². The number of aromatic nitrogens is 1. The molecule has 2 aliphatic carbocycles. The molecular weight excluding hydrogens is 220 g/mol. The molecule has 1 aromatic rings. The molecule has 92 valence electrons. The highest BCUT2D eigenvalue weighted by Crippen LogP contribution is 2.66. The molecular formula is C12H16N2O3. The van der Waals surface area contributed by atoms with E-state index in [4.69, 9.17) is 0 Å². The van der Waals surface area contributed by atoms with Gasteiger partial charge in [0.05, 0.1) is 0 Å². The van der Waals surface area contributed by atoms with Crippen LogP contribution < -0.4 is 11.1 Å². The number of oxazole rings is 1. The summed E-state index contributed by atoms with van der Waals surface area (Å²) in [5, 5.41) is 2.94. The van der Waals surface area contributed by atoms with Gasteiger partial charge < -0.3 is 9.73 Å². The van der Waals surface area contributed by atoms with Gasteiger partial charge in [-0.2, -0.15) is 0 Å². The molecule has 1 unspecified atom stereocenters. The number of carbonyl (C=O) groups excluding carboxylic acids is 1. The van der Waals surface area contributed by atoms with E-state index in [9.17, 15) is 9.59 Å². The monoisotopic (exact) mass is 236 g/mol. The van der Waals surface area contributed by atoms with Crippen LogP contribution in [0.15, 0.2) is 15.5 Å². The summed E-state index contributed by atoms with van der Waals surface area (Å²) in [6, 6.07) is 0.240. The maximum atomic E-state index is 11.8. The zero-order valence-corrected chi connectivity index (χ0v) is 9.95. The number of amides is 1. The van der Waals surface area contributed by atoms with Crippen LogP contribution in [0.3, 0.4) is 0 Å². The predicted molar refractivity (Wildman–Crippen MR) is 60.6 cm³/mol. The predicted octanol–water partition coefficient (Wildman–Crippen LogP) is 1.13. The number of carbonyl (C=O) groups is 1. The molecule has 2 fully saturated rings. The van der Waals surface area contributed by atoms with Crippen molar-refractivity contribution in [2.75, 3.05) is 0 Å². The van der Waals surface area contributed by atoms with Gasteiger partial charge in [-0.25, -0.2) is 4.79 Å². The van der Waals surface area contributed by atoms with Crippen molar-refractivity contribution in [1.29, 1.82) is 0 Å². The molecule has 5 heteroatoms. The Balaban J connectivity index is 1.60. The van der Waals surface area contributed by atoms with E-state index in [1.807, 2.05) is 0 Å². The fraction of sp³-hybridized carbons (Fsp3) is 0.667. The lowest BCUT2D eigenvalue weighted by Crippen LogP contribution is -2.35. The van der Waals surface area contributed by atoms with E-state index in [2.05, 4.69) is 28.6 Å². The number of fused-ring (bicyclic) bond motifs is 1. The maximum Gasteiger partial charge on any atom is 0.416 e. The van der Waals surface area contributed by atoms with E-state index in [1.165, 1.54) is 0 Å². The van der Waals surface area contributed by atoms with Gasteiger partial charge in [-0.3, -0.25) is 9.78 Å². The molecule has 3 rings (SSSR count). The number of H-pyrrole nitrogens is 1. The lowest BCUT2D eigenvalue weighted by atomic mass is 9.98. The molecule has 0 aromatic carbocycles. The molecule has 2 N–H and O–H groups in total. The van der Waals surface area contributed by atoms with Crippen molar-refractivity contribution in [2.24, 2.45) is 17.3 Å². The van der Waals surface area contributed by atoms with Crippen molar-refractivity contribution >= 4 is 5.91 Å². The first kappa shape index (κ1) is 10.6. The third kappa shape index (κ3) is 1.61.